The highest BCUT2D eigenvalue weighted by Crippen LogP contribution is 2.42. The monoisotopic (exact) mass is 899 g/mol. The molecule has 3 aromatic carbocycles. The Hall–Kier alpha value is -5.18. The molecule has 1 aliphatic heterocycles. The standard InChI is InChI=1S/C46H61NO17/c1-31(48)60-30-41-44(63-33(3)50)43(62-32(2)49)40(27-42(47)52)45(64-41)59-26-25-57-22-21-55-19-20-56-23-24-58-28-37(51)29-61-46(34-9-7-6-8-10-34,35-11-15-38(53-4)16-12-35)36-13-17-39(54-5)18-14-36/h6-18,37,40-41,43-45,51H,19-30H2,1-5H3,(H2,47,52)/t37-,40+,41+,43+,44-,45+/m0/s1. The maximum atomic E-state index is 12.0. The van der Waals surface area contributed by atoms with Crippen LogP contribution in [0, 0.1) is 5.92 Å². The Balaban J connectivity index is 1.16. The van der Waals surface area contributed by atoms with E-state index in [-0.39, 0.29) is 65.9 Å². The van der Waals surface area contributed by atoms with Gasteiger partial charge in [0, 0.05) is 27.2 Å². The second-order valence-electron chi connectivity index (χ2n) is 14.6. The van der Waals surface area contributed by atoms with Crippen molar-refractivity contribution in [2.75, 3.05) is 86.9 Å². The Bertz CT molecular complexity index is 1800. The summed E-state index contributed by atoms with van der Waals surface area (Å²) in [5.74, 6) is -2.31. The average molecular weight is 900 g/mol. The first-order chi connectivity index (χ1) is 30.9. The van der Waals surface area contributed by atoms with Gasteiger partial charge in [-0.05, 0) is 41.0 Å². The number of aliphatic hydroxyl groups is 1. The van der Waals surface area contributed by atoms with E-state index >= 15 is 0 Å². The molecule has 1 aliphatic rings. The van der Waals surface area contributed by atoms with Crippen LogP contribution in [0.3, 0.4) is 0 Å². The Kier molecular flexibility index (Phi) is 21.9. The fourth-order valence-electron chi connectivity index (χ4n) is 7.03. The molecule has 0 aliphatic carbocycles. The summed E-state index contributed by atoms with van der Waals surface area (Å²) in [4.78, 5) is 47.5. The topological polar surface area (TPSA) is 225 Å². The zero-order chi connectivity index (χ0) is 46.3. The SMILES string of the molecule is COc1ccc(C(OC[C@@H](O)COCCOCCOCCOCCO[C@@H]2O[C@H](COC(C)=O)[C@H](OC(C)=O)[C@H](OC(C)=O)[C@H]2CC(N)=O)(c2ccccc2)c2ccc(OC)cc2)cc1. The molecule has 3 aromatic rings. The molecule has 0 saturated carbocycles. The fraction of sp³-hybridized carbons (Fsp3) is 0.522. The van der Waals surface area contributed by atoms with Gasteiger partial charge in [0.05, 0.1) is 86.2 Å². The van der Waals surface area contributed by atoms with Crippen molar-refractivity contribution in [3.05, 3.63) is 95.6 Å². The lowest BCUT2D eigenvalue weighted by Crippen LogP contribution is -2.60. The minimum absolute atomic E-state index is 0.00555. The van der Waals surface area contributed by atoms with Gasteiger partial charge in [-0.2, -0.15) is 0 Å². The third kappa shape index (κ3) is 16.1. The number of carbonyl (C=O) groups excluding carboxylic acids is 4. The summed E-state index contributed by atoms with van der Waals surface area (Å²) >= 11 is 0. The Labute approximate surface area is 373 Å². The van der Waals surface area contributed by atoms with Crippen LogP contribution in [0.5, 0.6) is 11.5 Å². The van der Waals surface area contributed by atoms with Gasteiger partial charge in [0.2, 0.25) is 5.91 Å². The molecule has 3 N–H and O–H groups in total. The summed E-state index contributed by atoms with van der Waals surface area (Å²) in [7, 11) is 3.22. The summed E-state index contributed by atoms with van der Waals surface area (Å²) in [5, 5.41) is 11.0. The third-order valence-electron chi connectivity index (χ3n) is 9.86. The van der Waals surface area contributed by atoms with Crippen molar-refractivity contribution >= 4 is 23.8 Å². The molecule has 0 spiro atoms. The number of hydrogen-bond donors (Lipinski definition) is 2. The van der Waals surface area contributed by atoms with Crippen LogP contribution in [0.15, 0.2) is 78.9 Å². The van der Waals surface area contributed by atoms with E-state index in [0.717, 1.165) is 30.5 Å². The molecule has 1 amide bonds. The number of ether oxygens (including phenoxy) is 12. The zero-order valence-electron chi connectivity index (χ0n) is 37.0. The number of rotatable bonds is 29. The predicted octanol–water partition coefficient (Wildman–Crippen LogP) is 3.10. The highest BCUT2D eigenvalue weighted by molar-refractivity contribution is 5.74. The molecule has 352 valence electrons. The van der Waals surface area contributed by atoms with Gasteiger partial charge >= 0.3 is 17.9 Å². The normalized spacial score (nSPS) is 19.0. The Morgan fingerprint density at radius 1 is 0.641 bits per heavy atom. The van der Waals surface area contributed by atoms with Crippen LogP contribution < -0.4 is 15.2 Å². The lowest BCUT2D eigenvalue weighted by Gasteiger charge is -2.44. The number of esters is 3. The van der Waals surface area contributed by atoms with Gasteiger partial charge in [0.15, 0.2) is 12.4 Å². The second kappa shape index (κ2) is 27.2. The number of primary amides is 1. The quantitative estimate of drug-likeness (QED) is 0.0442. The van der Waals surface area contributed by atoms with Gasteiger partial charge < -0.3 is 67.7 Å². The lowest BCUT2D eigenvalue weighted by atomic mass is 9.80. The second-order valence-corrected chi connectivity index (χ2v) is 14.6. The first kappa shape index (κ1) is 51.5. The van der Waals surface area contributed by atoms with Gasteiger partial charge in [-0.3, -0.25) is 19.2 Å². The first-order valence-electron chi connectivity index (χ1n) is 20.9. The van der Waals surface area contributed by atoms with Crippen LogP contribution in [-0.4, -0.2) is 147 Å². The van der Waals surface area contributed by atoms with Crippen LogP contribution in [0.4, 0.5) is 0 Å². The molecule has 1 heterocycles. The van der Waals surface area contributed by atoms with E-state index in [0.29, 0.717) is 24.7 Å². The number of methoxy groups -OCH3 is 2. The molecule has 6 atom stereocenters. The van der Waals surface area contributed by atoms with E-state index in [1.807, 2.05) is 78.9 Å². The van der Waals surface area contributed by atoms with Crippen molar-refractivity contribution in [3.8, 4) is 11.5 Å². The maximum absolute atomic E-state index is 12.0. The molecule has 0 aromatic heterocycles. The molecule has 64 heavy (non-hydrogen) atoms. The van der Waals surface area contributed by atoms with Crippen molar-refractivity contribution < 1.29 is 81.1 Å². The fourth-order valence-corrected chi connectivity index (χ4v) is 7.03. The minimum atomic E-state index is -1.21. The molecule has 18 nitrogen and oxygen atoms in total. The van der Waals surface area contributed by atoms with E-state index in [9.17, 15) is 24.3 Å². The number of carbonyl (C=O) groups is 4. The maximum Gasteiger partial charge on any atom is 0.303 e. The highest BCUT2D eigenvalue weighted by Gasteiger charge is 2.51. The van der Waals surface area contributed by atoms with E-state index in [1.165, 1.54) is 6.92 Å². The van der Waals surface area contributed by atoms with E-state index in [4.69, 9.17) is 62.6 Å². The van der Waals surface area contributed by atoms with Crippen LogP contribution >= 0.6 is 0 Å². The summed E-state index contributed by atoms with van der Waals surface area (Å²) in [6.07, 6.45) is -5.90. The lowest BCUT2D eigenvalue weighted by molar-refractivity contribution is -0.293. The minimum Gasteiger partial charge on any atom is -0.497 e. The summed E-state index contributed by atoms with van der Waals surface area (Å²) in [6.45, 7) is 4.85. The molecule has 4 rings (SSSR count). The van der Waals surface area contributed by atoms with Crippen LogP contribution in [0.25, 0.3) is 0 Å². The molecule has 18 heteroatoms. The van der Waals surface area contributed by atoms with Crippen molar-refractivity contribution in [3.63, 3.8) is 0 Å². The van der Waals surface area contributed by atoms with Crippen LogP contribution in [0.2, 0.25) is 0 Å². The van der Waals surface area contributed by atoms with Crippen LogP contribution in [-0.2, 0) is 72.1 Å². The van der Waals surface area contributed by atoms with Crippen molar-refractivity contribution in [2.45, 2.75) is 63.5 Å². The van der Waals surface area contributed by atoms with Crippen molar-refractivity contribution in [2.24, 2.45) is 11.7 Å². The average Bonchev–Trinajstić information content (AvgIpc) is 3.28. The van der Waals surface area contributed by atoms with Crippen LogP contribution in [0.1, 0.15) is 43.9 Å². The van der Waals surface area contributed by atoms with E-state index in [2.05, 4.69) is 0 Å². The highest BCUT2D eigenvalue weighted by atomic mass is 16.7. The number of hydrogen-bond acceptors (Lipinski definition) is 17. The Morgan fingerprint density at radius 2 is 1.12 bits per heavy atom. The van der Waals surface area contributed by atoms with Gasteiger partial charge in [-0.1, -0.05) is 54.6 Å². The number of amides is 1. The predicted molar refractivity (Wildman–Crippen MR) is 227 cm³/mol. The first-order valence-corrected chi connectivity index (χ1v) is 20.9. The number of nitrogens with two attached hydrogens (primary N) is 1. The van der Waals surface area contributed by atoms with E-state index in [1.54, 1.807) is 14.2 Å². The molecule has 0 radical (unpaired) electrons. The number of aliphatic hydroxyl groups excluding tert-OH is 1. The molecular formula is C46H61NO17. The van der Waals surface area contributed by atoms with Gasteiger partial charge in [0.25, 0.3) is 0 Å². The molecular weight excluding hydrogens is 838 g/mol. The molecule has 1 saturated heterocycles. The molecule has 0 bridgehead atoms. The van der Waals surface area contributed by atoms with Gasteiger partial charge in [-0.25, -0.2) is 0 Å². The molecule has 1 fully saturated rings. The summed E-state index contributed by atoms with van der Waals surface area (Å²) < 4.78 is 67.8. The smallest absolute Gasteiger partial charge is 0.303 e. The van der Waals surface area contributed by atoms with Crippen molar-refractivity contribution in [1.29, 1.82) is 0 Å². The molecule has 0 unspecified atom stereocenters. The summed E-state index contributed by atoms with van der Waals surface area (Å²) in [5.41, 5.74) is 6.98. The number of benzene rings is 3. The zero-order valence-corrected chi connectivity index (χ0v) is 37.0. The Morgan fingerprint density at radius 3 is 1.61 bits per heavy atom. The van der Waals surface area contributed by atoms with E-state index < -0.39 is 66.0 Å². The van der Waals surface area contributed by atoms with Gasteiger partial charge in [-0.15, -0.1) is 0 Å². The summed E-state index contributed by atoms with van der Waals surface area (Å²) in [6, 6.07) is 25.1. The third-order valence-corrected chi connectivity index (χ3v) is 9.86. The van der Waals surface area contributed by atoms with Gasteiger partial charge in [0.1, 0.15) is 42.0 Å². The largest absolute Gasteiger partial charge is 0.497 e. The van der Waals surface area contributed by atoms with Crippen molar-refractivity contribution in [1.82, 2.24) is 0 Å².